The van der Waals surface area contributed by atoms with Crippen molar-refractivity contribution in [2.75, 3.05) is 19.0 Å². The van der Waals surface area contributed by atoms with Gasteiger partial charge in [0.15, 0.2) is 0 Å². The van der Waals surface area contributed by atoms with E-state index in [4.69, 9.17) is 16.3 Å². The molecule has 0 aliphatic carbocycles. The maximum atomic E-state index is 11.8. The van der Waals surface area contributed by atoms with Gasteiger partial charge in [0.2, 0.25) is 5.91 Å². The largest absolute Gasteiger partial charge is 0.497 e. The standard InChI is InChI=1S/C16H13ClN2O2.C2H3F3/c1-21-12-6-7-14-13(8-12)16(18-9-15(20)19-14)10-2-4-11(17)5-3-10;1-2(3,4)5/h2-8H,9H2,1H3,(H,19,20);1H3. The van der Waals surface area contributed by atoms with Gasteiger partial charge in [-0.05, 0) is 30.3 Å². The van der Waals surface area contributed by atoms with E-state index in [1.807, 2.05) is 30.3 Å². The summed E-state index contributed by atoms with van der Waals surface area (Å²) in [5, 5.41) is 3.51. The Hall–Kier alpha value is -2.54. The van der Waals surface area contributed by atoms with Crippen molar-refractivity contribution in [2.45, 2.75) is 13.1 Å². The lowest BCUT2D eigenvalue weighted by Gasteiger charge is -2.11. The van der Waals surface area contributed by atoms with Crippen LogP contribution in [0.5, 0.6) is 5.75 Å². The lowest BCUT2D eigenvalue weighted by Crippen LogP contribution is -2.13. The second kappa shape index (κ2) is 8.23. The number of amides is 1. The third-order valence-electron chi connectivity index (χ3n) is 3.25. The number of carbonyl (C=O) groups excluding carboxylic acids is 1. The Morgan fingerprint density at radius 1 is 1.15 bits per heavy atom. The monoisotopic (exact) mass is 384 g/mol. The summed E-state index contributed by atoms with van der Waals surface area (Å²) in [4.78, 5) is 16.2. The predicted octanol–water partition coefficient (Wildman–Crippen LogP) is 4.71. The van der Waals surface area contributed by atoms with Gasteiger partial charge < -0.3 is 10.1 Å². The van der Waals surface area contributed by atoms with Crippen LogP contribution in [0.25, 0.3) is 0 Å². The minimum Gasteiger partial charge on any atom is -0.497 e. The summed E-state index contributed by atoms with van der Waals surface area (Å²) in [6.07, 6.45) is -4.00. The number of alkyl halides is 3. The Balaban J connectivity index is 0.000000431. The molecule has 1 aliphatic heterocycles. The Kier molecular flexibility index (Phi) is 6.26. The molecule has 0 atom stereocenters. The van der Waals surface area contributed by atoms with Gasteiger partial charge in [0, 0.05) is 23.1 Å². The van der Waals surface area contributed by atoms with Crippen LogP contribution in [0.3, 0.4) is 0 Å². The van der Waals surface area contributed by atoms with E-state index in [2.05, 4.69) is 10.3 Å². The zero-order chi connectivity index (χ0) is 19.3. The fraction of sp³-hybridized carbons (Fsp3) is 0.222. The first kappa shape index (κ1) is 19.8. The number of aliphatic imine (C=N–C) groups is 1. The summed E-state index contributed by atoms with van der Waals surface area (Å²) in [6.45, 7) is 0.280. The van der Waals surface area contributed by atoms with E-state index in [9.17, 15) is 18.0 Å². The van der Waals surface area contributed by atoms with Crippen molar-refractivity contribution in [3.05, 3.63) is 58.6 Å². The van der Waals surface area contributed by atoms with Gasteiger partial charge in [-0.2, -0.15) is 13.2 Å². The van der Waals surface area contributed by atoms with Crippen molar-refractivity contribution in [3.63, 3.8) is 0 Å². The number of nitrogens with one attached hydrogen (secondary N) is 1. The summed E-state index contributed by atoms with van der Waals surface area (Å²) >= 11 is 5.93. The Morgan fingerprint density at radius 2 is 1.77 bits per heavy atom. The predicted molar refractivity (Wildman–Crippen MR) is 95.3 cm³/mol. The zero-order valence-electron chi connectivity index (χ0n) is 14.0. The molecule has 0 saturated heterocycles. The number of ether oxygens (including phenoxy) is 1. The van der Waals surface area contributed by atoms with Crippen molar-refractivity contribution in [3.8, 4) is 5.75 Å². The summed E-state index contributed by atoms with van der Waals surface area (Å²) in [7, 11) is 1.61. The molecule has 0 saturated carbocycles. The van der Waals surface area contributed by atoms with Gasteiger partial charge in [-0.15, -0.1) is 0 Å². The van der Waals surface area contributed by atoms with E-state index in [0.29, 0.717) is 10.8 Å². The maximum absolute atomic E-state index is 11.8. The highest BCUT2D eigenvalue weighted by Crippen LogP contribution is 2.27. The maximum Gasteiger partial charge on any atom is 0.386 e. The molecule has 0 unspecified atom stereocenters. The molecule has 0 aromatic heterocycles. The number of benzodiazepines with no additional fused rings is 1. The van der Waals surface area contributed by atoms with Crippen LogP contribution in [0.4, 0.5) is 18.9 Å². The van der Waals surface area contributed by atoms with Crippen LogP contribution in [0.2, 0.25) is 5.02 Å². The second-order valence-corrected chi connectivity index (χ2v) is 5.85. The average molecular weight is 385 g/mol. The molecule has 0 bridgehead atoms. The van der Waals surface area contributed by atoms with E-state index in [1.54, 1.807) is 19.2 Å². The molecule has 4 nitrogen and oxygen atoms in total. The number of benzene rings is 2. The Labute approximate surface area is 153 Å². The number of hydrogen-bond acceptors (Lipinski definition) is 3. The van der Waals surface area contributed by atoms with Crippen LogP contribution < -0.4 is 10.1 Å². The highest BCUT2D eigenvalue weighted by molar-refractivity contribution is 6.30. The number of anilines is 1. The van der Waals surface area contributed by atoms with Crippen LogP contribution in [-0.4, -0.2) is 31.4 Å². The molecule has 26 heavy (non-hydrogen) atoms. The van der Waals surface area contributed by atoms with Crippen molar-refractivity contribution in [2.24, 2.45) is 4.99 Å². The van der Waals surface area contributed by atoms with E-state index >= 15 is 0 Å². The number of hydrogen-bond donors (Lipinski definition) is 1. The molecular weight excluding hydrogens is 369 g/mol. The molecule has 0 fully saturated rings. The lowest BCUT2D eigenvalue weighted by atomic mass is 10.0. The molecule has 0 radical (unpaired) electrons. The molecule has 1 aliphatic rings. The molecule has 0 spiro atoms. The number of rotatable bonds is 2. The minimum absolute atomic E-state index is 0.0922. The van der Waals surface area contributed by atoms with E-state index in [1.165, 1.54) is 0 Å². The molecule has 2 aromatic rings. The molecule has 1 amide bonds. The van der Waals surface area contributed by atoms with Gasteiger partial charge in [-0.25, -0.2) is 0 Å². The highest BCUT2D eigenvalue weighted by Gasteiger charge is 2.18. The summed E-state index contributed by atoms with van der Waals surface area (Å²) < 4.78 is 36.3. The molecule has 1 heterocycles. The van der Waals surface area contributed by atoms with Gasteiger partial charge in [0.25, 0.3) is 0 Å². The van der Waals surface area contributed by atoms with Crippen molar-refractivity contribution in [1.82, 2.24) is 0 Å². The van der Waals surface area contributed by atoms with E-state index in [0.717, 1.165) is 22.5 Å². The number of halogens is 4. The summed E-state index contributed by atoms with van der Waals surface area (Å²) in [5.41, 5.74) is 3.22. The Bertz CT molecular complexity index is 812. The first-order chi connectivity index (χ1) is 12.2. The lowest BCUT2D eigenvalue weighted by molar-refractivity contribution is -0.115. The number of nitrogens with zero attached hydrogens (tertiary/aromatic N) is 1. The average Bonchev–Trinajstić information content (AvgIpc) is 2.72. The van der Waals surface area contributed by atoms with Gasteiger partial charge in [0.1, 0.15) is 12.3 Å². The van der Waals surface area contributed by atoms with Crippen molar-refractivity contribution in [1.29, 1.82) is 0 Å². The molecule has 1 N–H and O–H groups in total. The van der Waals surface area contributed by atoms with Crippen LogP contribution >= 0.6 is 11.6 Å². The van der Waals surface area contributed by atoms with Gasteiger partial charge >= 0.3 is 6.18 Å². The number of methoxy groups -OCH3 is 1. The SMILES string of the molecule is CC(F)(F)F.COc1ccc2c(c1)C(c1ccc(Cl)cc1)=NCC(=O)N2. The fourth-order valence-corrected chi connectivity index (χ4v) is 2.36. The topological polar surface area (TPSA) is 50.7 Å². The normalized spacial score (nSPS) is 13.5. The van der Waals surface area contributed by atoms with Crippen LogP contribution in [0, 0.1) is 0 Å². The third-order valence-corrected chi connectivity index (χ3v) is 3.51. The van der Waals surface area contributed by atoms with E-state index < -0.39 is 6.18 Å². The number of carbonyl (C=O) groups is 1. The first-order valence-corrected chi connectivity index (χ1v) is 7.90. The van der Waals surface area contributed by atoms with Gasteiger partial charge in [-0.3, -0.25) is 9.79 Å². The minimum atomic E-state index is -4.00. The quantitative estimate of drug-likeness (QED) is 0.815. The molecule has 8 heteroatoms. The molecule has 3 rings (SSSR count). The van der Waals surface area contributed by atoms with Gasteiger partial charge in [-0.1, -0.05) is 23.7 Å². The smallest absolute Gasteiger partial charge is 0.386 e. The van der Waals surface area contributed by atoms with Crippen LogP contribution in [-0.2, 0) is 4.79 Å². The third kappa shape index (κ3) is 5.77. The summed E-state index contributed by atoms with van der Waals surface area (Å²) in [5.74, 6) is 0.581. The van der Waals surface area contributed by atoms with Crippen molar-refractivity contribution >= 4 is 28.9 Å². The van der Waals surface area contributed by atoms with Crippen LogP contribution in [0.1, 0.15) is 18.1 Å². The second-order valence-electron chi connectivity index (χ2n) is 5.41. The number of fused-ring (bicyclic) bond motifs is 1. The molecular formula is C18H16ClF3N2O2. The van der Waals surface area contributed by atoms with E-state index in [-0.39, 0.29) is 19.4 Å². The van der Waals surface area contributed by atoms with Gasteiger partial charge in [0.05, 0.1) is 18.5 Å². The molecule has 138 valence electrons. The molecule has 2 aromatic carbocycles. The van der Waals surface area contributed by atoms with Crippen LogP contribution in [0.15, 0.2) is 47.5 Å². The zero-order valence-corrected chi connectivity index (χ0v) is 14.8. The first-order valence-electron chi connectivity index (χ1n) is 7.53. The van der Waals surface area contributed by atoms with Crippen molar-refractivity contribution < 1.29 is 22.7 Å². The highest BCUT2D eigenvalue weighted by atomic mass is 35.5. The Morgan fingerprint density at radius 3 is 2.35 bits per heavy atom. The summed E-state index contributed by atoms with van der Waals surface area (Å²) in [6, 6.07) is 12.9. The fourth-order valence-electron chi connectivity index (χ4n) is 2.24.